The van der Waals surface area contributed by atoms with E-state index in [4.69, 9.17) is 0 Å². The predicted molar refractivity (Wildman–Crippen MR) is 84.4 cm³/mol. The predicted octanol–water partition coefficient (Wildman–Crippen LogP) is 2.13. The van der Waals surface area contributed by atoms with Crippen molar-refractivity contribution >= 4 is 29.2 Å². The van der Waals surface area contributed by atoms with Crippen LogP contribution in [0.4, 0.5) is 11.4 Å². The van der Waals surface area contributed by atoms with E-state index in [9.17, 15) is 19.5 Å². The molecule has 1 aliphatic heterocycles. The molecule has 0 saturated carbocycles. The Morgan fingerprint density at radius 1 is 1.04 bits per heavy atom. The van der Waals surface area contributed by atoms with Gasteiger partial charge < -0.3 is 10.4 Å². The number of carboxylic acids is 1. The third kappa shape index (κ3) is 2.78. The Morgan fingerprint density at radius 2 is 1.70 bits per heavy atom. The van der Waals surface area contributed by atoms with Crippen LogP contribution in [0, 0.1) is 0 Å². The summed E-state index contributed by atoms with van der Waals surface area (Å²) in [6.07, 6.45) is -0.0122. The number of hydrogen-bond acceptors (Lipinski definition) is 4. The van der Waals surface area contributed by atoms with Gasteiger partial charge in [0.25, 0.3) is 5.91 Å². The lowest BCUT2D eigenvalue weighted by Crippen LogP contribution is -2.35. The van der Waals surface area contributed by atoms with Crippen molar-refractivity contribution in [3.63, 3.8) is 0 Å². The fraction of sp³-hybridized carbons (Fsp3) is 0.118. The smallest absolute Gasteiger partial charge is 0.337 e. The molecular formula is C17H14N2O4. The molecule has 23 heavy (non-hydrogen) atoms. The Morgan fingerprint density at radius 3 is 2.39 bits per heavy atom. The van der Waals surface area contributed by atoms with Gasteiger partial charge in [-0.2, -0.15) is 0 Å². The molecule has 1 unspecified atom stereocenters. The standard InChI is InChI=1S/C17H14N2O4/c20-15-10-14(16(21)19(15)11-6-2-1-3-7-11)18-13-9-5-4-8-12(13)17(22)23/h1-9,14,18H,10H2,(H,22,23). The van der Waals surface area contributed by atoms with Crippen molar-refractivity contribution < 1.29 is 19.5 Å². The first-order chi connectivity index (χ1) is 11.1. The molecule has 1 aliphatic rings. The molecule has 3 rings (SSSR count). The molecule has 1 atom stereocenters. The molecule has 1 heterocycles. The van der Waals surface area contributed by atoms with Gasteiger partial charge in [-0.25, -0.2) is 9.69 Å². The van der Waals surface area contributed by atoms with Gasteiger partial charge in [-0.3, -0.25) is 9.59 Å². The highest BCUT2D eigenvalue weighted by Gasteiger charge is 2.39. The van der Waals surface area contributed by atoms with Crippen LogP contribution in [-0.2, 0) is 9.59 Å². The van der Waals surface area contributed by atoms with Gasteiger partial charge in [0.1, 0.15) is 6.04 Å². The fourth-order valence-electron chi connectivity index (χ4n) is 2.58. The zero-order valence-electron chi connectivity index (χ0n) is 12.1. The maximum atomic E-state index is 12.5. The Hall–Kier alpha value is -3.15. The van der Waals surface area contributed by atoms with Gasteiger partial charge in [0, 0.05) is 5.69 Å². The number of carboxylic acid groups (broad SMARTS) is 1. The van der Waals surface area contributed by atoms with Crippen LogP contribution in [0.15, 0.2) is 54.6 Å². The van der Waals surface area contributed by atoms with Crippen LogP contribution in [-0.4, -0.2) is 28.9 Å². The number of imide groups is 1. The molecule has 0 spiro atoms. The quantitative estimate of drug-likeness (QED) is 0.845. The summed E-state index contributed by atoms with van der Waals surface area (Å²) in [6, 6.07) is 14.2. The number of nitrogens with zero attached hydrogens (tertiary/aromatic N) is 1. The van der Waals surface area contributed by atoms with Crippen molar-refractivity contribution in [2.24, 2.45) is 0 Å². The van der Waals surface area contributed by atoms with Crippen LogP contribution < -0.4 is 10.2 Å². The summed E-state index contributed by atoms with van der Waals surface area (Å²) < 4.78 is 0. The molecule has 6 nitrogen and oxygen atoms in total. The molecule has 1 fully saturated rings. The highest BCUT2D eigenvalue weighted by molar-refractivity contribution is 6.23. The molecule has 2 aromatic carbocycles. The number of para-hydroxylation sites is 2. The van der Waals surface area contributed by atoms with Crippen molar-refractivity contribution in [3.05, 3.63) is 60.2 Å². The lowest BCUT2D eigenvalue weighted by Gasteiger charge is -2.16. The monoisotopic (exact) mass is 310 g/mol. The van der Waals surface area contributed by atoms with Gasteiger partial charge in [-0.15, -0.1) is 0 Å². The number of aromatic carboxylic acids is 1. The van der Waals surface area contributed by atoms with E-state index in [1.807, 2.05) is 0 Å². The first kappa shape index (κ1) is 14.8. The van der Waals surface area contributed by atoms with Crippen LogP contribution >= 0.6 is 0 Å². The molecule has 2 amide bonds. The zero-order valence-corrected chi connectivity index (χ0v) is 12.1. The number of carbonyl (C=O) groups excluding carboxylic acids is 2. The van der Waals surface area contributed by atoms with Crippen LogP contribution in [0.3, 0.4) is 0 Å². The summed E-state index contributed by atoms with van der Waals surface area (Å²) in [4.78, 5) is 37.0. The van der Waals surface area contributed by atoms with Crippen LogP contribution in [0.2, 0.25) is 0 Å². The third-order valence-corrected chi connectivity index (χ3v) is 3.65. The number of amides is 2. The molecular weight excluding hydrogens is 296 g/mol. The van der Waals surface area contributed by atoms with Crippen LogP contribution in [0.1, 0.15) is 16.8 Å². The first-order valence-corrected chi connectivity index (χ1v) is 7.08. The van der Waals surface area contributed by atoms with Gasteiger partial charge in [-0.05, 0) is 24.3 Å². The topological polar surface area (TPSA) is 86.7 Å². The number of benzene rings is 2. The van der Waals surface area contributed by atoms with Crippen molar-refractivity contribution in [3.8, 4) is 0 Å². The molecule has 0 aliphatic carbocycles. The second-order valence-electron chi connectivity index (χ2n) is 5.15. The SMILES string of the molecule is O=C(O)c1ccccc1NC1CC(=O)N(c2ccccc2)C1=O. The summed E-state index contributed by atoms with van der Waals surface area (Å²) in [7, 11) is 0. The Labute approximate surface area is 132 Å². The van der Waals surface area contributed by atoms with Gasteiger partial charge >= 0.3 is 5.97 Å². The van der Waals surface area contributed by atoms with Crippen molar-refractivity contribution in [2.75, 3.05) is 10.2 Å². The van der Waals surface area contributed by atoms with Gasteiger partial charge in [0.2, 0.25) is 5.91 Å². The minimum atomic E-state index is -1.09. The average molecular weight is 310 g/mol. The summed E-state index contributed by atoms with van der Waals surface area (Å²) in [5.41, 5.74) is 0.894. The fourth-order valence-corrected chi connectivity index (χ4v) is 2.58. The average Bonchev–Trinajstić information content (AvgIpc) is 2.82. The van der Waals surface area contributed by atoms with Crippen LogP contribution in [0.5, 0.6) is 0 Å². The van der Waals surface area contributed by atoms with E-state index in [0.717, 1.165) is 4.90 Å². The first-order valence-electron chi connectivity index (χ1n) is 7.08. The van der Waals surface area contributed by atoms with E-state index in [1.165, 1.54) is 6.07 Å². The maximum Gasteiger partial charge on any atom is 0.337 e. The number of anilines is 2. The van der Waals surface area contributed by atoms with E-state index in [2.05, 4.69) is 5.32 Å². The Balaban J connectivity index is 1.85. The normalized spacial score (nSPS) is 17.4. The number of nitrogens with one attached hydrogen (secondary N) is 1. The Kier molecular flexibility index (Phi) is 3.80. The molecule has 0 radical (unpaired) electrons. The molecule has 2 aromatic rings. The number of hydrogen-bond donors (Lipinski definition) is 2. The summed E-state index contributed by atoms with van der Waals surface area (Å²) >= 11 is 0. The number of carbonyl (C=O) groups is 3. The lowest BCUT2D eigenvalue weighted by molar-refractivity contribution is -0.121. The second-order valence-corrected chi connectivity index (χ2v) is 5.15. The number of rotatable bonds is 4. The molecule has 0 bridgehead atoms. The van der Waals surface area contributed by atoms with Crippen molar-refractivity contribution in [2.45, 2.75) is 12.5 Å². The minimum absolute atomic E-state index is 0.0122. The highest BCUT2D eigenvalue weighted by atomic mass is 16.4. The summed E-state index contributed by atoms with van der Waals surface area (Å²) in [6.45, 7) is 0. The van der Waals surface area contributed by atoms with E-state index < -0.39 is 12.0 Å². The molecule has 6 heteroatoms. The highest BCUT2D eigenvalue weighted by Crippen LogP contribution is 2.25. The van der Waals surface area contributed by atoms with Gasteiger partial charge in [-0.1, -0.05) is 30.3 Å². The molecule has 2 N–H and O–H groups in total. The summed E-state index contributed by atoms with van der Waals surface area (Å²) in [5.74, 6) is -1.79. The second kappa shape index (κ2) is 5.92. The van der Waals surface area contributed by atoms with Crippen LogP contribution in [0.25, 0.3) is 0 Å². The summed E-state index contributed by atoms with van der Waals surface area (Å²) in [5, 5.41) is 12.1. The van der Waals surface area contributed by atoms with E-state index >= 15 is 0 Å². The largest absolute Gasteiger partial charge is 0.478 e. The Bertz CT molecular complexity index is 773. The van der Waals surface area contributed by atoms with E-state index in [-0.39, 0.29) is 23.8 Å². The third-order valence-electron chi connectivity index (χ3n) is 3.65. The van der Waals surface area contributed by atoms with Crippen molar-refractivity contribution in [1.82, 2.24) is 0 Å². The van der Waals surface area contributed by atoms with Gasteiger partial charge in [0.05, 0.1) is 17.7 Å². The lowest BCUT2D eigenvalue weighted by atomic mass is 10.1. The maximum absolute atomic E-state index is 12.5. The van der Waals surface area contributed by atoms with Crippen molar-refractivity contribution in [1.29, 1.82) is 0 Å². The zero-order chi connectivity index (χ0) is 16.4. The molecule has 116 valence electrons. The minimum Gasteiger partial charge on any atom is -0.478 e. The van der Waals surface area contributed by atoms with E-state index in [0.29, 0.717) is 11.4 Å². The molecule has 1 saturated heterocycles. The van der Waals surface area contributed by atoms with E-state index in [1.54, 1.807) is 48.5 Å². The van der Waals surface area contributed by atoms with Gasteiger partial charge in [0.15, 0.2) is 0 Å². The molecule has 0 aromatic heterocycles.